The SMILES string of the molecule is O=C(O)C(F)(F)F.O=C1N=C(Nc2cc(NC(=O)C3CCNCC3)ccc2Cl)S/C1=C\c1ccc2ncccc2c1. The minimum atomic E-state index is -5.08. The fourth-order valence-corrected chi connectivity index (χ4v) is 4.93. The van der Waals surface area contributed by atoms with Crippen LogP contribution in [-0.2, 0) is 14.4 Å². The normalized spacial score (nSPS) is 16.6. The lowest BCUT2D eigenvalue weighted by Gasteiger charge is -2.22. The van der Waals surface area contributed by atoms with Gasteiger partial charge in [0, 0.05) is 23.2 Å². The van der Waals surface area contributed by atoms with Gasteiger partial charge in [-0.15, -0.1) is 0 Å². The van der Waals surface area contributed by atoms with E-state index in [0.29, 0.717) is 26.5 Å². The molecule has 0 radical (unpaired) electrons. The molecule has 1 aromatic heterocycles. The summed E-state index contributed by atoms with van der Waals surface area (Å²) in [6, 6.07) is 14.9. The second-order valence-electron chi connectivity index (χ2n) is 8.92. The summed E-state index contributed by atoms with van der Waals surface area (Å²) >= 11 is 7.61. The van der Waals surface area contributed by atoms with Crippen molar-refractivity contribution in [1.82, 2.24) is 10.3 Å². The summed E-state index contributed by atoms with van der Waals surface area (Å²) in [5, 5.41) is 18.4. The van der Waals surface area contributed by atoms with E-state index in [1.165, 1.54) is 11.8 Å². The van der Waals surface area contributed by atoms with Crippen LogP contribution in [-0.4, -0.2) is 52.3 Å². The predicted octanol–water partition coefficient (Wildman–Crippen LogP) is 5.54. The quantitative estimate of drug-likeness (QED) is 0.285. The molecule has 2 aliphatic rings. The maximum atomic E-state index is 12.6. The summed E-state index contributed by atoms with van der Waals surface area (Å²) in [5.74, 6) is -3.06. The number of aliphatic imine (C=N–C) groups is 1. The molecule has 4 N–H and O–H groups in total. The van der Waals surface area contributed by atoms with Gasteiger partial charge in [-0.2, -0.15) is 18.2 Å². The number of carbonyl (C=O) groups is 3. The number of fused-ring (bicyclic) bond motifs is 1. The van der Waals surface area contributed by atoms with E-state index in [-0.39, 0.29) is 17.7 Å². The van der Waals surface area contributed by atoms with Crippen LogP contribution in [0, 0.1) is 5.92 Å². The number of piperidine rings is 1. The smallest absolute Gasteiger partial charge is 0.475 e. The number of alkyl halides is 3. The van der Waals surface area contributed by atoms with Gasteiger partial charge in [0.2, 0.25) is 5.91 Å². The number of nitrogens with zero attached hydrogens (tertiary/aromatic N) is 2. The Bertz CT molecular complexity index is 1540. The fourth-order valence-electron chi connectivity index (χ4n) is 3.94. The molecule has 214 valence electrons. The Labute approximate surface area is 241 Å². The van der Waals surface area contributed by atoms with E-state index in [9.17, 15) is 22.8 Å². The number of carboxylic acid groups (broad SMARTS) is 1. The van der Waals surface area contributed by atoms with Gasteiger partial charge >= 0.3 is 12.1 Å². The lowest BCUT2D eigenvalue weighted by Crippen LogP contribution is -2.34. The molecule has 0 spiro atoms. The number of hydrogen-bond acceptors (Lipinski definition) is 7. The average Bonchev–Trinajstić information content (AvgIpc) is 3.28. The molecule has 41 heavy (non-hydrogen) atoms. The Morgan fingerprint density at radius 2 is 1.85 bits per heavy atom. The molecule has 3 aromatic rings. The highest BCUT2D eigenvalue weighted by atomic mass is 35.5. The summed E-state index contributed by atoms with van der Waals surface area (Å²) < 4.78 is 31.7. The number of benzene rings is 2. The van der Waals surface area contributed by atoms with Crippen molar-refractivity contribution in [3.8, 4) is 0 Å². The Morgan fingerprint density at radius 3 is 2.56 bits per heavy atom. The fraction of sp³-hybridized carbons (Fsp3) is 0.222. The number of amides is 2. The number of amidine groups is 1. The molecule has 3 heterocycles. The summed E-state index contributed by atoms with van der Waals surface area (Å²) in [7, 11) is 0. The zero-order valence-corrected chi connectivity index (χ0v) is 22.7. The molecular weight excluding hydrogens is 583 g/mol. The van der Waals surface area contributed by atoms with Gasteiger partial charge in [-0.3, -0.25) is 14.6 Å². The van der Waals surface area contributed by atoms with Crippen molar-refractivity contribution in [2.24, 2.45) is 10.9 Å². The number of pyridine rings is 1. The molecule has 2 aliphatic heterocycles. The number of halogens is 4. The number of hydrogen-bond donors (Lipinski definition) is 4. The summed E-state index contributed by atoms with van der Waals surface area (Å²) in [5.41, 5.74) is 3.01. The van der Waals surface area contributed by atoms with Crippen molar-refractivity contribution in [2.75, 3.05) is 23.7 Å². The second-order valence-corrected chi connectivity index (χ2v) is 10.4. The highest BCUT2D eigenvalue weighted by molar-refractivity contribution is 8.18. The Kier molecular flexibility index (Phi) is 9.63. The van der Waals surface area contributed by atoms with Crippen LogP contribution in [0.3, 0.4) is 0 Å². The van der Waals surface area contributed by atoms with Crippen LogP contribution < -0.4 is 16.0 Å². The molecule has 2 aromatic carbocycles. The highest BCUT2D eigenvalue weighted by Gasteiger charge is 2.38. The van der Waals surface area contributed by atoms with Crippen molar-refractivity contribution in [3.05, 3.63) is 70.2 Å². The van der Waals surface area contributed by atoms with Gasteiger partial charge in [-0.25, -0.2) is 4.79 Å². The Balaban J connectivity index is 0.000000493. The minimum Gasteiger partial charge on any atom is -0.475 e. The summed E-state index contributed by atoms with van der Waals surface area (Å²) in [4.78, 5) is 42.9. The zero-order chi connectivity index (χ0) is 29.6. The third-order valence-corrected chi connectivity index (χ3v) is 7.20. The van der Waals surface area contributed by atoms with E-state index < -0.39 is 12.1 Å². The van der Waals surface area contributed by atoms with E-state index in [2.05, 4.69) is 25.9 Å². The molecular formula is C27H23ClF3N5O4S. The van der Waals surface area contributed by atoms with E-state index in [0.717, 1.165) is 42.4 Å². The van der Waals surface area contributed by atoms with Crippen molar-refractivity contribution < 1.29 is 32.7 Å². The van der Waals surface area contributed by atoms with Gasteiger partial charge in [0.1, 0.15) is 0 Å². The zero-order valence-electron chi connectivity index (χ0n) is 21.2. The average molecular weight is 606 g/mol. The van der Waals surface area contributed by atoms with Crippen molar-refractivity contribution in [2.45, 2.75) is 19.0 Å². The van der Waals surface area contributed by atoms with E-state index in [1.807, 2.05) is 36.4 Å². The first kappa shape index (κ1) is 30.0. The van der Waals surface area contributed by atoms with Crippen LogP contribution in [0.15, 0.2) is 64.6 Å². The minimum absolute atomic E-state index is 0.000644. The molecule has 0 saturated carbocycles. The molecule has 1 saturated heterocycles. The number of carboxylic acids is 1. The topological polar surface area (TPSA) is 133 Å². The maximum absolute atomic E-state index is 12.6. The maximum Gasteiger partial charge on any atom is 0.490 e. The molecule has 0 atom stereocenters. The van der Waals surface area contributed by atoms with Crippen LogP contribution in [0.1, 0.15) is 18.4 Å². The molecule has 2 amide bonds. The molecule has 0 aliphatic carbocycles. The predicted molar refractivity (Wildman–Crippen MR) is 153 cm³/mol. The summed E-state index contributed by atoms with van der Waals surface area (Å²) in [6.07, 6.45) is 0.127. The Morgan fingerprint density at radius 1 is 1.12 bits per heavy atom. The Hall–Kier alpha value is -3.94. The van der Waals surface area contributed by atoms with Crippen molar-refractivity contribution in [3.63, 3.8) is 0 Å². The molecule has 14 heteroatoms. The monoisotopic (exact) mass is 605 g/mol. The van der Waals surface area contributed by atoms with Gasteiger partial charge < -0.3 is 21.1 Å². The van der Waals surface area contributed by atoms with E-state index in [1.54, 1.807) is 24.4 Å². The van der Waals surface area contributed by atoms with Crippen molar-refractivity contribution in [1.29, 1.82) is 0 Å². The lowest BCUT2D eigenvalue weighted by molar-refractivity contribution is -0.192. The van der Waals surface area contributed by atoms with E-state index >= 15 is 0 Å². The van der Waals surface area contributed by atoms with Gasteiger partial charge in [0.15, 0.2) is 5.17 Å². The first-order valence-electron chi connectivity index (χ1n) is 12.3. The third-order valence-electron chi connectivity index (χ3n) is 5.97. The van der Waals surface area contributed by atoms with Gasteiger partial charge in [-0.05, 0) is 85.7 Å². The van der Waals surface area contributed by atoms with Gasteiger partial charge in [0.05, 0.1) is 21.1 Å². The first-order chi connectivity index (χ1) is 19.5. The largest absolute Gasteiger partial charge is 0.490 e. The van der Waals surface area contributed by atoms with Gasteiger partial charge in [-0.1, -0.05) is 23.7 Å². The van der Waals surface area contributed by atoms with Gasteiger partial charge in [0.25, 0.3) is 5.91 Å². The van der Waals surface area contributed by atoms with Crippen LogP contribution in [0.5, 0.6) is 0 Å². The highest BCUT2D eigenvalue weighted by Crippen LogP contribution is 2.33. The van der Waals surface area contributed by atoms with Crippen molar-refractivity contribution >= 4 is 74.7 Å². The number of aromatic nitrogens is 1. The third kappa shape index (κ3) is 8.28. The number of thioether (sulfide) groups is 1. The van der Waals surface area contributed by atoms with Crippen LogP contribution in [0.4, 0.5) is 24.5 Å². The van der Waals surface area contributed by atoms with Crippen LogP contribution in [0.2, 0.25) is 5.02 Å². The first-order valence-corrected chi connectivity index (χ1v) is 13.4. The molecule has 0 bridgehead atoms. The molecule has 0 unspecified atom stereocenters. The number of nitrogens with one attached hydrogen (secondary N) is 3. The standard InChI is InChI=1S/C25H22ClN5O2S.C2HF3O2/c26-19-5-4-18(29-23(32)16-7-10-27-11-8-16)14-21(19)30-25-31-24(33)22(34-25)13-15-3-6-20-17(12-15)2-1-9-28-20;3-2(4,5)1(6)7/h1-6,9,12-14,16,27H,7-8,10-11H2,(H,29,32)(H,30,31,33);(H,6,7)/b22-13-;. The number of anilines is 2. The number of carbonyl (C=O) groups excluding carboxylic acids is 2. The molecule has 5 rings (SSSR count). The molecule has 9 nitrogen and oxygen atoms in total. The summed E-state index contributed by atoms with van der Waals surface area (Å²) in [6.45, 7) is 1.70. The molecule has 1 fully saturated rings. The number of aliphatic carboxylic acids is 1. The lowest BCUT2D eigenvalue weighted by atomic mass is 9.97. The second kappa shape index (κ2) is 13.1. The van der Waals surface area contributed by atoms with E-state index in [4.69, 9.17) is 21.5 Å². The van der Waals surface area contributed by atoms with Crippen LogP contribution in [0.25, 0.3) is 17.0 Å². The number of rotatable bonds is 4. The van der Waals surface area contributed by atoms with Crippen LogP contribution >= 0.6 is 23.4 Å².